The van der Waals surface area contributed by atoms with Crippen molar-refractivity contribution in [3.63, 3.8) is 0 Å². The SMILES string of the molecule is CCOC(=O)c1sc2ncnc(N3CCC(NC(=O)Nc4ccccc4)CC3)c2c1C. The summed E-state index contributed by atoms with van der Waals surface area (Å²) in [4.78, 5) is 37.0. The summed E-state index contributed by atoms with van der Waals surface area (Å²) in [6.45, 7) is 5.56. The molecule has 2 N–H and O–H groups in total. The molecule has 0 saturated carbocycles. The lowest BCUT2D eigenvalue weighted by atomic mass is 10.0. The molecule has 0 aliphatic carbocycles. The van der Waals surface area contributed by atoms with E-state index in [0.29, 0.717) is 11.5 Å². The zero-order valence-corrected chi connectivity index (χ0v) is 18.4. The van der Waals surface area contributed by atoms with Gasteiger partial charge in [0.2, 0.25) is 0 Å². The number of amides is 2. The number of esters is 1. The highest BCUT2D eigenvalue weighted by atomic mass is 32.1. The minimum absolute atomic E-state index is 0.0935. The number of nitrogens with zero attached hydrogens (tertiary/aromatic N) is 3. The average Bonchev–Trinajstić information content (AvgIpc) is 3.12. The van der Waals surface area contributed by atoms with Crippen LogP contribution in [-0.2, 0) is 4.74 Å². The maximum atomic E-state index is 12.3. The van der Waals surface area contributed by atoms with Crippen LogP contribution in [0.1, 0.15) is 35.0 Å². The molecule has 0 atom stereocenters. The van der Waals surface area contributed by atoms with E-state index in [-0.39, 0.29) is 18.0 Å². The van der Waals surface area contributed by atoms with Gasteiger partial charge in [0.15, 0.2) is 0 Å². The predicted molar refractivity (Wildman–Crippen MR) is 122 cm³/mol. The number of thiophene rings is 1. The molecule has 1 aliphatic rings. The Labute approximate surface area is 184 Å². The standard InChI is InChI=1S/C22H25N5O3S/c1-3-30-21(28)18-14(2)17-19(23-13-24-20(17)31-18)27-11-9-16(10-12-27)26-22(29)25-15-7-5-4-6-8-15/h4-8,13,16H,3,9-12H2,1-2H3,(H2,25,26,29). The number of anilines is 2. The molecule has 0 unspecified atom stereocenters. The molecule has 8 nitrogen and oxygen atoms in total. The molecule has 162 valence electrons. The first-order valence-electron chi connectivity index (χ1n) is 10.4. The molecule has 31 heavy (non-hydrogen) atoms. The van der Waals surface area contributed by atoms with Gasteiger partial charge in [0.25, 0.3) is 0 Å². The second kappa shape index (κ2) is 9.30. The van der Waals surface area contributed by atoms with Crippen LogP contribution in [0.15, 0.2) is 36.7 Å². The summed E-state index contributed by atoms with van der Waals surface area (Å²) in [6, 6.07) is 9.30. The Hall–Kier alpha value is -3.20. The molecule has 2 amide bonds. The zero-order chi connectivity index (χ0) is 21.8. The second-order valence-corrected chi connectivity index (χ2v) is 8.38. The number of benzene rings is 1. The third kappa shape index (κ3) is 4.61. The Morgan fingerprint density at radius 2 is 1.94 bits per heavy atom. The predicted octanol–water partition coefficient (Wildman–Crippen LogP) is 3.97. The maximum Gasteiger partial charge on any atom is 0.348 e. The van der Waals surface area contributed by atoms with Gasteiger partial charge in [0.05, 0.1) is 12.0 Å². The first kappa shape index (κ1) is 21.0. The van der Waals surface area contributed by atoms with E-state index in [1.54, 1.807) is 13.3 Å². The molecule has 4 rings (SSSR count). The fraction of sp³-hybridized carbons (Fsp3) is 0.364. The Bertz CT molecular complexity index is 1080. The van der Waals surface area contributed by atoms with Crippen LogP contribution in [0.25, 0.3) is 10.2 Å². The van der Waals surface area contributed by atoms with Crippen LogP contribution < -0.4 is 15.5 Å². The lowest BCUT2D eigenvalue weighted by Crippen LogP contribution is -2.46. The molecule has 1 fully saturated rings. The molecule has 1 aromatic carbocycles. The lowest BCUT2D eigenvalue weighted by Gasteiger charge is -2.33. The van der Waals surface area contributed by atoms with Crippen molar-refractivity contribution in [2.75, 3.05) is 29.9 Å². The first-order valence-corrected chi connectivity index (χ1v) is 11.2. The van der Waals surface area contributed by atoms with Crippen molar-refractivity contribution in [3.8, 4) is 0 Å². The molecule has 2 aromatic heterocycles. The maximum absolute atomic E-state index is 12.3. The number of aryl methyl sites for hydroxylation is 1. The molecule has 0 bridgehead atoms. The number of piperidine rings is 1. The van der Waals surface area contributed by atoms with Gasteiger partial charge < -0.3 is 20.3 Å². The van der Waals surface area contributed by atoms with Gasteiger partial charge >= 0.3 is 12.0 Å². The van der Waals surface area contributed by atoms with Crippen molar-refractivity contribution in [2.24, 2.45) is 0 Å². The monoisotopic (exact) mass is 439 g/mol. The van der Waals surface area contributed by atoms with Crippen molar-refractivity contribution in [1.82, 2.24) is 15.3 Å². The zero-order valence-electron chi connectivity index (χ0n) is 17.6. The van der Waals surface area contributed by atoms with Crippen molar-refractivity contribution in [1.29, 1.82) is 0 Å². The van der Waals surface area contributed by atoms with Crippen LogP contribution in [-0.4, -0.2) is 47.7 Å². The largest absolute Gasteiger partial charge is 0.462 e. The molecular weight excluding hydrogens is 414 g/mol. The topological polar surface area (TPSA) is 96.4 Å². The third-order valence-corrected chi connectivity index (χ3v) is 6.51. The number of urea groups is 1. The lowest BCUT2D eigenvalue weighted by molar-refractivity contribution is 0.0531. The first-order chi connectivity index (χ1) is 15.1. The third-order valence-electron chi connectivity index (χ3n) is 5.33. The van der Waals surface area contributed by atoms with Gasteiger partial charge in [-0.25, -0.2) is 19.6 Å². The summed E-state index contributed by atoms with van der Waals surface area (Å²) in [7, 11) is 0. The Balaban J connectivity index is 1.43. The van der Waals surface area contributed by atoms with Crippen molar-refractivity contribution >= 4 is 45.1 Å². The second-order valence-electron chi connectivity index (χ2n) is 7.38. The van der Waals surface area contributed by atoms with Gasteiger partial charge in [-0.2, -0.15) is 0 Å². The van der Waals surface area contributed by atoms with Crippen molar-refractivity contribution in [2.45, 2.75) is 32.7 Å². The van der Waals surface area contributed by atoms with Gasteiger partial charge in [-0.05, 0) is 44.4 Å². The number of rotatable bonds is 5. The number of fused-ring (bicyclic) bond motifs is 1. The quantitative estimate of drug-likeness (QED) is 0.584. The highest BCUT2D eigenvalue weighted by Crippen LogP contribution is 2.36. The number of ether oxygens (including phenoxy) is 1. The summed E-state index contributed by atoms with van der Waals surface area (Å²) in [6.07, 6.45) is 3.16. The van der Waals surface area contributed by atoms with Crippen LogP contribution in [0.3, 0.4) is 0 Å². The van der Waals surface area contributed by atoms with E-state index in [9.17, 15) is 9.59 Å². The van der Waals surface area contributed by atoms with Crippen LogP contribution >= 0.6 is 11.3 Å². The smallest absolute Gasteiger partial charge is 0.348 e. The van der Waals surface area contributed by atoms with Crippen molar-refractivity contribution in [3.05, 3.63) is 47.1 Å². The summed E-state index contributed by atoms with van der Waals surface area (Å²) < 4.78 is 5.18. The molecular formula is C22H25N5O3S. The number of nitrogens with one attached hydrogen (secondary N) is 2. The summed E-state index contributed by atoms with van der Waals surface area (Å²) >= 11 is 1.34. The summed E-state index contributed by atoms with van der Waals surface area (Å²) in [5.74, 6) is 0.516. The fourth-order valence-electron chi connectivity index (χ4n) is 3.79. The number of para-hydroxylation sites is 1. The molecule has 1 saturated heterocycles. The molecule has 0 spiro atoms. The summed E-state index contributed by atoms with van der Waals surface area (Å²) in [5.41, 5.74) is 1.63. The van der Waals surface area contributed by atoms with E-state index in [0.717, 1.165) is 53.2 Å². The van der Waals surface area contributed by atoms with Gasteiger partial charge in [0.1, 0.15) is 21.9 Å². The number of carbonyl (C=O) groups excluding carboxylic acids is 2. The van der Waals surface area contributed by atoms with Gasteiger partial charge in [-0.3, -0.25) is 0 Å². The van der Waals surface area contributed by atoms with Crippen LogP contribution in [0.4, 0.5) is 16.3 Å². The molecule has 1 aliphatic heterocycles. The normalized spacial score (nSPS) is 14.5. The van der Waals surface area contributed by atoms with Gasteiger partial charge in [-0.15, -0.1) is 11.3 Å². The van der Waals surface area contributed by atoms with Gasteiger partial charge in [0, 0.05) is 24.8 Å². The molecule has 3 aromatic rings. The highest BCUT2D eigenvalue weighted by Gasteiger charge is 2.26. The molecule has 3 heterocycles. The van der Waals surface area contributed by atoms with Crippen molar-refractivity contribution < 1.29 is 14.3 Å². The van der Waals surface area contributed by atoms with Crippen LogP contribution in [0, 0.1) is 6.92 Å². The minimum Gasteiger partial charge on any atom is -0.462 e. The molecule has 9 heteroatoms. The van der Waals surface area contributed by atoms with Crippen LogP contribution in [0.5, 0.6) is 0 Å². The number of hydrogen-bond donors (Lipinski definition) is 2. The van der Waals surface area contributed by atoms with E-state index in [1.807, 2.05) is 37.3 Å². The van der Waals surface area contributed by atoms with Gasteiger partial charge in [-0.1, -0.05) is 18.2 Å². The Kier molecular flexibility index (Phi) is 6.31. The fourth-order valence-corrected chi connectivity index (χ4v) is 4.83. The minimum atomic E-state index is -0.318. The van der Waals surface area contributed by atoms with E-state index in [2.05, 4.69) is 25.5 Å². The average molecular weight is 440 g/mol. The van der Waals surface area contributed by atoms with E-state index < -0.39 is 0 Å². The number of aromatic nitrogens is 2. The molecule has 0 radical (unpaired) electrons. The number of carbonyl (C=O) groups is 2. The number of hydrogen-bond acceptors (Lipinski definition) is 7. The summed E-state index contributed by atoms with van der Waals surface area (Å²) in [5, 5.41) is 6.82. The highest BCUT2D eigenvalue weighted by molar-refractivity contribution is 7.20. The Morgan fingerprint density at radius 1 is 1.19 bits per heavy atom. The van der Waals surface area contributed by atoms with E-state index in [1.165, 1.54) is 11.3 Å². The van der Waals surface area contributed by atoms with Crippen LogP contribution in [0.2, 0.25) is 0 Å². The van der Waals surface area contributed by atoms with E-state index in [4.69, 9.17) is 4.74 Å². The van der Waals surface area contributed by atoms with E-state index >= 15 is 0 Å². The Morgan fingerprint density at radius 3 is 2.65 bits per heavy atom.